The second-order valence-electron chi connectivity index (χ2n) is 2.61. The van der Waals surface area contributed by atoms with E-state index in [-0.39, 0.29) is 4.77 Å². The highest BCUT2D eigenvalue weighted by Gasteiger charge is 2.07. The molecule has 0 amide bonds. The van der Waals surface area contributed by atoms with Crippen LogP contribution in [0.5, 0.6) is 0 Å². The Labute approximate surface area is 83.4 Å². The lowest BCUT2D eigenvalue weighted by Crippen LogP contribution is -2.10. The molecular weight excluding hydrogens is 205 g/mol. The number of halogens is 1. The number of nitrogens with two attached hydrogens (primary N) is 1. The average Bonchev–Trinajstić information content (AvgIpc) is 2.48. The zero-order valence-corrected chi connectivity index (χ0v) is 7.75. The van der Waals surface area contributed by atoms with E-state index in [1.807, 2.05) is 0 Å². The Morgan fingerprint density at radius 1 is 1.50 bits per heavy atom. The third-order valence-electron chi connectivity index (χ3n) is 1.67. The van der Waals surface area contributed by atoms with Gasteiger partial charge in [-0.3, -0.25) is 4.98 Å². The van der Waals surface area contributed by atoms with Crippen molar-refractivity contribution in [2.24, 2.45) is 0 Å². The highest BCUT2D eigenvalue weighted by atomic mass is 32.1. The summed E-state index contributed by atoms with van der Waals surface area (Å²) in [4.78, 5) is 3.68. The van der Waals surface area contributed by atoms with Gasteiger partial charge in [0.15, 0.2) is 5.82 Å². The van der Waals surface area contributed by atoms with Gasteiger partial charge in [0.2, 0.25) is 4.77 Å². The van der Waals surface area contributed by atoms with E-state index in [1.54, 1.807) is 0 Å². The van der Waals surface area contributed by atoms with Crippen LogP contribution in [-0.2, 0) is 0 Å². The fourth-order valence-corrected chi connectivity index (χ4v) is 1.17. The van der Waals surface area contributed by atoms with Crippen molar-refractivity contribution in [1.29, 1.82) is 0 Å². The van der Waals surface area contributed by atoms with Crippen molar-refractivity contribution < 1.29 is 4.39 Å². The number of nitrogen functional groups attached to an aromatic ring is 1. The van der Waals surface area contributed by atoms with E-state index in [0.717, 1.165) is 10.9 Å². The summed E-state index contributed by atoms with van der Waals surface area (Å²) in [5.41, 5.74) is 0.472. The predicted molar refractivity (Wildman–Crippen MR) is 50.8 cm³/mol. The molecule has 0 saturated heterocycles. The van der Waals surface area contributed by atoms with Crippen molar-refractivity contribution in [2.45, 2.75) is 0 Å². The Kier molecular flexibility index (Phi) is 2.01. The number of nitrogens with zero attached hydrogens (tertiary/aromatic N) is 3. The second kappa shape index (κ2) is 3.18. The van der Waals surface area contributed by atoms with E-state index in [4.69, 9.17) is 18.1 Å². The number of aromatic amines is 1. The number of H-pyrrole nitrogens is 1. The quantitative estimate of drug-likeness (QED) is 0.542. The SMILES string of the molecule is Nn1c(-c2cncc(F)c2)n[nH]c1=S. The molecule has 0 unspecified atom stereocenters. The predicted octanol–water partition coefficient (Wildman–Crippen LogP) is 0.856. The molecule has 0 aliphatic heterocycles. The number of aromatic nitrogens is 4. The number of nitrogens with one attached hydrogen (secondary N) is 1. The van der Waals surface area contributed by atoms with E-state index in [9.17, 15) is 4.39 Å². The lowest BCUT2D eigenvalue weighted by molar-refractivity contribution is 0.621. The van der Waals surface area contributed by atoms with Crippen LogP contribution in [-0.4, -0.2) is 19.9 Å². The molecule has 0 saturated carbocycles. The van der Waals surface area contributed by atoms with Crippen LogP contribution in [0.3, 0.4) is 0 Å². The molecule has 5 nitrogen and oxygen atoms in total. The average molecular weight is 211 g/mol. The monoisotopic (exact) mass is 211 g/mol. The fraction of sp³-hybridized carbons (Fsp3) is 0. The van der Waals surface area contributed by atoms with Gasteiger partial charge in [-0.25, -0.2) is 14.2 Å². The Bertz CT molecular complexity index is 517. The van der Waals surface area contributed by atoms with Gasteiger partial charge < -0.3 is 5.84 Å². The molecule has 0 aromatic carbocycles. The van der Waals surface area contributed by atoms with Crippen LogP contribution in [0, 0.1) is 10.6 Å². The first-order valence-corrected chi connectivity index (χ1v) is 4.13. The van der Waals surface area contributed by atoms with Crippen LogP contribution < -0.4 is 5.84 Å². The third kappa shape index (κ3) is 1.37. The topological polar surface area (TPSA) is 72.5 Å². The Morgan fingerprint density at radius 3 is 2.86 bits per heavy atom. The summed E-state index contributed by atoms with van der Waals surface area (Å²) < 4.78 is 14.2. The molecule has 72 valence electrons. The fourth-order valence-electron chi connectivity index (χ4n) is 1.04. The van der Waals surface area contributed by atoms with Gasteiger partial charge in [0.25, 0.3) is 0 Å². The van der Waals surface area contributed by atoms with E-state index in [0.29, 0.717) is 11.4 Å². The number of hydrogen-bond acceptors (Lipinski definition) is 4. The van der Waals surface area contributed by atoms with Crippen LogP contribution in [0.15, 0.2) is 18.5 Å². The minimum atomic E-state index is -0.448. The van der Waals surface area contributed by atoms with Crippen molar-refractivity contribution in [2.75, 3.05) is 5.84 Å². The standard InChI is InChI=1S/C7H6FN5S/c8-5-1-4(2-10-3-5)6-11-12-7(14)13(6)9/h1-3H,9H2,(H,12,14). The minimum Gasteiger partial charge on any atom is -0.335 e. The van der Waals surface area contributed by atoms with Gasteiger partial charge in [-0.1, -0.05) is 0 Å². The molecule has 7 heteroatoms. The first-order valence-electron chi connectivity index (χ1n) is 3.72. The van der Waals surface area contributed by atoms with Gasteiger partial charge >= 0.3 is 0 Å². The van der Waals surface area contributed by atoms with Gasteiger partial charge in [-0.2, -0.15) is 5.10 Å². The number of hydrogen-bond donors (Lipinski definition) is 2. The highest BCUT2D eigenvalue weighted by Crippen LogP contribution is 2.14. The second-order valence-corrected chi connectivity index (χ2v) is 3.00. The first-order chi connectivity index (χ1) is 6.68. The largest absolute Gasteiger partial charge is 0.335 e. The van der Waals surface area contributed by atoms with Gasteiger partial charge in [0, 0.05) is 11.8 Å². The maximum atomic E-state index is 12.8. The van der Waals surface area contributed by atoms with Crippen LogP contribution in [0.4, 0.5) is 4.39 Å². The van der Waals surface area contributed by atoms with Crippen LogP contribution >= 0.6 is 12.2 Å². The normalized spacial score (nSPS) is 10.4. The summed E-state index contributed by atoms with van der Waals surface area (Å²) in [5, 5.41) is 6.34. The number of rotatable bonds is 1. The van der Waals surface area contributed by atoms with E-state index < -0.39 is 5.82 Å². The highest BCUT2D eigenvalue weighted by molar-refractivity contribution is 7.71. The van der Waals surface area contributed by atoms with E-state index >= 15 is 0 Å². The van der Waals surface area contributed by atoms with Gasteiger partial charge in [-0.15, -0.1) is 0 Å². The van der Waals surface area contributed by atoms with Gasteiger partial charge in [0.1, 0.15) is 5.82 Å². The molecule has 2 aromatic heterocycles. The molecule has 14 heavy (non-hydrogen) atoms. The lowest BCUT2D eigenvalue weighted by Gasteiger charge is -1.98. The van der Waals surface area contributed by atoms with Gasteiger partial charge in [0.05, 0.1) is 6.20 Å². The Hall–Kier alpha value is -1.76. The molecule has 0 spiro atoms. The summed E-state index contributed by atoms with van der Waals surface area (Å²) >= 11 is 4.81. The van der Waals surface area contributed by atoms with Crippen LogP contribution in [0.1, 0.15) is 0 Å². The zero-order chi connectivity index (χ0) is 10.1. The summed E-state index contributed by atoms with van der Waals surface area (Å²) in [6.45, 7) is 0. The molecule has 0 bridgehead atoms. The zero-order valence-electron chi connectivity index (χ0n) is 6.94. The summed E-state index contributed by atoms with van der Waals surface area (Å²) in [5.74, 6) is 5.45. The Balaban J connectivity index is 2.60. The molecule has 0 aliphatic carbocycles. The maximum absolute atomic E-state index is 12.8. The molecule has 0 aliphatic rings. The maximum Gasteiger partial charge on any atom is 0.214 e. The minimum absolute atomic E-state index is 0.268. The van der Waals surface area contributed by atoms with E-state index in [1.165, 1.54) is 12.3 Å². The van der Waals surface area contributed by atoms with Crippen LogP contribution in [0.2, 0.25) is 0 Å². The van der Waals surface area contributed by atoms with Crippen molar-refractivity contribution in [3.63, 3.8) is 0 Å². The number of pyridine rings is 1. The van der Waals surface area contributed by atoms with Gasteiger partial charge in [-0.05, 0) is 18.3 Å². The van der Waals surface area contributed by atoms with Crippen LogP contribution in [0.25, 0.3) is 11.4 Å². The molecule has 2 heterocycles. The molecule has 0 radical (unpaired) electrons. The third-order valence-corrected chi connectivity index (χ3v) is 1.96. The van der Waals surface area contributed by atoms with Crippen molar-refractivity contribution >= 4 is 12.2 Å². The van der Waals surface area contributed by atoms with E-state index in [2.05, 4.69) is 15.2 Å². The first kappa shape index (κ1) is 8.82. The molecular formula is C7H6FN5S. The summed E-state index contributed by atoms with van der Waals surface area (Å²) in [6, 6.07) is 1.28. The molecule has 0 atom stereocenters. The molecule has 3 N–H and O–H groups in total. The smallest absolute Gasteiger partial charge is 0.214 e. The summed E-state index contributed by atoms with van der Waals surface area (Å²) in [6.07, 6.45) is 2.56. The summed E-state index contributed by atoms with van der Waals surface area (Å²) in [7, 11) is 0. The van der Waals surface area contributed by atoms with Crippen molar-refractivity contribution in [3.05, 3.63) is 29.0 Å². The molecule has 0 fully saturated rings. The van der Waals surface area contributed by atoms with Crippen molar-refractivity contribution in [3.8, 4) is 11.4 Å². The van der Waals surface area contributed by atoms with Crippen molar-refractivity contribution in [1.82, 2.24) is 19.9 Å². The lowest BCUT2D eigenvalue weighted by atomic mass is 10.3. The Morgan fingerprint density at radius 2 is 2.29 bits per heavy atom. The molecule has 2 aromatic rings. The molecule has 2 rings (SSSR count).